The summed E-state index contributed by atoms with van der Waals surface area (Å²) >= 11 is 0. The van der Waals surface area contributed by atoms with Gasteiger partial charge >= 0.3 is 0 Å². The molecular formula is C17H23N3. The lowest BCUT2D eigenvalue weighted by molar-refractivity contribution is 0.322. The fourth-order valence-corrected chi connectivity index (χ4v) is 2.33. The van der Waals surface area contributed by atoms with Crippen LogP contribution in [0.2, 0.25) is 0 Å². The Labute approximate surface area is 121 Å². The maximum Gasteiger partial charge on any atom is 0.0542 e. The Morgan fingerprint density at radius 2 is 1.90 bits per heavy atom. The molecule has 0 saturated carbocycles. The van der Waals surface area contributed by atoms with Gasteiger partial charge in [0.05, 0.1) is 5.69 Å². The summed E-state index contributed by atoms with van der Waals surface area (Å²) in [4.78, 5) is 6.57. The average molecular weight is 269 g/mol. The predicted octanol–water partition coefficient (Wildman–Crippen LogP) is 2.60. The van der Waals surface area contributed by atoms with Gasteiger partial charge in [-0.2, -0.15) is 0 Å². The van der Waals surface area contributed by atoms with Crippen molar-refractivity contribution >= 4 is 0 Å². The van der Waals surface area contributed by atoms with E-state index in [2.05, 4.69) is 59.4 Å². The van der Waals surface area contributed by atoms with Crippen LogP contribution in [0.15, 0.2) is 48.7 Å². The first kappa shape index (κ1) is 14.7. The number of nitrogens with zero attached hydrogens (tertiary/aromatic N) is 2. The zero-order valence-electron chi connectivity index (χ0n) is 12.1. The molecule has 0 fully saturated rings. The SMILES string of the molecule is CN(CCCc1ccccc1)Cc1ccnc(CN)c1. The van der Waals surface area contributed by atoms with E-state index in [9.17, 15) is 0 Å². The van der Waals surface area contributed by atoms with Crippen LogP contribution in [0.1, 0.15) is 23.2 Å². The monoisotopic (exact) mass is 269 g/mol. The number of aromatic nitrogens is 1. The van der Waals surface area contributed by atoms with Gasteiger partial charge in [-0.3, -0.25) is 4.98 Å². The summed E-state index contributed by atoms with van der Waals surface area (Å²) in [5.74, 6) is 0. The van der Waals surface area contributed by atoms with Gasteiger partial charge in [-0.05, 0) is 49.7 Å². The zero-order chi connectivity index (χ0) is 14.2. The Hall–Kier alpha value is -1.71. The van der Waals surface area contributed by atoms with Crippen LogP contribution in [0, 0.1) is 0 Å². The average Bonchev–Trinajstić information content (AvgIpc) is 2.48. The van der Waals surface area contributed by atoms with E-state index in [4.69, 9.17) is 5.73 Å². The second kappa shape index (κ2) is 7.78. The maximum absolute atomic E-state index is 5.62. The van der Waals surface area contributed by atoms with Crippen LogP contribution in [0.4, 0.5) is 0 Å². The van der Waals surface area contributed by atoms with E-state index >= 15 is 0 Å². The molecule has 0 aliphatic rings. The summed E-state index contributed by atoms with van der Waals surface area (Å²) in [6.07, 6.45) is 4.15. The topological polar surface area (TPSA) is 42.2 Å². The molecule has 0 atom stereocenters. The molecule has 2 N–H and O–H groups in total. The smallest absolute Gasteiger partial charge is 0.0542 e. The summed E-state index contributed by atoms with van der Waals surface area (Å²) in [6.45, 7) is 2.55. The lowest BCUT2D eigenvalue weighted by atomic mass is 10.1. The third kappa shape index (κ3) is 4.76. The zero-order valence-corrected chi connectivity index (χ0v) is 12.1. The molecule has 0 unspecified atom stereocenters. The summed E-state index contributed by atoms with van der Waals surface area (Å²) < 4.78 is 0. The van der Waals surface area contributed by atoms with Crippen LogP contribution < -0.4 is 5.73 Å². The van der Waals surface area contributed by atoms with Gasteiger partial charge in [-0.1, -0.05) is 30.3 Å². The van der Waals surface area contributed by atoms with Crippen LogP contribution in [-0.2, 0) is 19.5 Å². The van der Waals surface area contributed by atoms with Crippen LogP contribution in [0.25, 0.3) is 0 Å². The fraction of sp³-hybridized carbons (Fsp3) is 0.353. The van der Waals surface area contributed by atoms with Crippen LogP contribution >= 0.6 is 0 Å². The Balaban J connectivity index is 1.76. The molecule has 1 aromatic heterocycles. The Morgan fingerprint density at radius 1 is 1.10 bits per heavy atom. The van der Waals surface area contributed by atoms with Crippen molar-refractivity contribution in [3.63, 3.8) is 0 Å². The number of nitrogens with two attached hydrogens (primary N) is 1. The van der Waals surface area contributed by atoms with Crippen LogP contribution in [-0.4, -0.2) is 23.5 Å². The summed E-state index contributed by atoms with van der Waals surface area (Å²) in [6, 6.07) is 14.8. The van der Waals surface area contributed by atoms with E-state index in [0.29, 0.717) is 6.54 Å². The van der Waals surface area contributed by atoms with Crippen LogP contribution in [0.3, 0.4) is 0 Å². The first-order chi connectivity index (χ1) is 9.78. The molecule has 1 heterocycles. The summed E-state index contributed by atoms with van der Waals surface area (Å²) in [5.41, 5.74) is 9.27. The predicted molar refractivity (Wildman–Crippen MR) is 83.2 cm³/mol. The van der Waals surface area contributed by atoms with Crippen molar-refractivity contribution in [1.82, 2.24) is 9.88 Å². The molecule has 0 saturated heterocycles. The second-order valence-corrected chi connectivity index (χ2v) is 5.19. The number of rotatable bonds is 7. The lowest BCUT2D eigenvalue weighted by Crippen LogP contribution is -2.19. The van der Waals surface area contributed by atoms with Gasteiger partial charge in [-0.15, -0.1) is 0 Å². The highest BCUT2D eigenvalue weighted by atomic mass is 15.1. The Bertz CT molecular complexity index is 511. The molecule has 2 rings (SSSR count). The number of hydrogen-bond donors (Lipinski definition) is 1. The van der Waals surface area contributed by atoms with Gasteiger partial charge in [-0.25, -0.2) is 0 Å². The van der Waals surface area contributed by atoms with E-state index in [1.54, 1.807) is 0 Å². The summed E-state index contributed by atoms with van der Waals surface area (Å²) in [7, 11) is 2.16. The highest BCUT2D eigenvalue weighted by molar-refractivity contribution is 5.16. The van der Waals surface area contributed by atoms with Gasteiger partial charge in [0.15, 0.2) is 0 Å². The molecule has 2 aromatic rings. The lowest BCUT2D eigenvalue weighted by Gasteiger charge is -2.17. The van der Waals surface area contributed by atoms with Gasteiger partial charge in [0, 0.05) is 19.3 Å². The molecule has 0 aliphatic heterocycles. The van der Waals surface area contributed by atoms with Gasteiger partial charge in [0.2, 0.25) is 0 Å². The van der Waals surface area contributed by atoms with Crippen molar-refractivity contribution in [3.8, 4) is 0 Å². The number of hydrogen-bond acceptors (Lipinski definition) is 3. The largest absolute Gasteiger partial charge is 0.325 e. The minimum atomic E-state index is 0.506. The van der Waals surface area contributed by atoms with Crippen molar-refractivity contribution in [2.75, 3.05) is 13.6 Å². The highest BCUT2D eigenvalue weighted by Crippen LogP contribution is 2.07. The third-order valence-electron chi connectivity index (χ3n) is 3.39. The van der Waals surface area contributed by atoms with E-state index in [1.807, 2.05) is 6.20 Å². The molecule has 106 valence electrons. The van der Waals surface area contributed by atoms with Gasteiger partial charge in [0.1, 0.15) is 0 Å². The second-order valence-electron chi connectivity index (χ2n) is 5.19. The van der Waals surface area contributed by atoms with Gasteiger partial charge < -0.3 is 10.6 Å². The van der Waals surface area contributed by atoms with Crippen LogP contribution in [0.5, 0.6) is 0 Å². The first-order valence-corrected chi connectivity index (χ1v) is 7.14. The molecule has 0 bridgehead atoms. The maximum atomic E-state index is 5.62. The highest BCUT2D eigenvalue weighted by Gasteiger charge is 2.02. The molecule has 3 nitrogen and oxygen atoms in total. The van der Waals surface area contributed by atoms with Crippen molar-refractivity contribution in [2.24, 2.45) is 5.73 Å². The minimum absolute atomic E-state index is 0.506. The number of aryl methyl sites for hydroxylation is 1. The van der Waals surface area contributed by atoms with Crippen molar-refractivity contribution in [2.45, 2.75) is 25.9 Å². The quantitative estimate of drug-likeness (QED) is 0.840. The van der Waals surface area contributed by atoms with Crippen molar-refractivity contribution in [1.29, 1.82) is 0 Å². The molecule has 3 heteroatoms. The van der Waals surface area contributed by atoms with E-state index in [1.165, 1.54) is 17.5 Å². The van der Waals surface area contributed by atoms with E-state index in [0.717, 1.165) is 25.2 Å². The van der Waals surface area contributed by atoms with Crippen molar-refractivity contribution in [3.05, 3.63) is 65.5 Å². The molecular weight excluding hydrogens is 246 g/mol. The molecule has 1 aromatic carbocycles. The molecule has 0 radical (unpaired) electrons. The molecule has 0 amide bonds. The van der Waals surface area contributed by atoms with Crippen molar-refractivity contribution < 1.29 is 0 Å². The van der Waals surface area contributed by atoms with E-state index < -0.39 is 0 Å². The molecule has 20 heavy (non-hydrogen) atoms. The minimum Gasteiger partial charge on any atom is -0.325 e. The Kier molecular flexibility index (Phi) is 5.71. The normalized spacial score (nSPS) is 10.9. The number of benzene rings is 1. The number of pyridine rings is 1. The fourth-order valence-electron chi connectivity index (χ4n) is 2.33. The summed E-state index contributed by atoms with van der Waals surface area (Å²) in [5, 5.41) is 0. The standard InChI is InChI=1S/C17H23N3/c1-20(11-5-8-15-6-3-2-4-7-15)14-16-9-10-19-17(12-16)13-18/h2-4,6-7,9-10,12H,5,8,11,13-14,18H2,1H3. The Morgan fingerprint density at radius 3 is 2.65 bits per heavy atom. The van der Waals surface area contributed by atoms with Gasteiger partial charge in [0.25, 0.3) is 0 Å². The molecule has 0 spiro atoms. The molecule has 0 aliphatic carbocycles. The van der Waals surface area contributed by atoms with E-state index in [-0.39, 0.29) is 0 Å². The third-order valence-corrected chi connectivity index (χ3v) is 3.39. The first-order valence-electron chi connectivity index (χ1n) is 7.14.